The maximum absolute atomic E-state index is 5.64. The highest BCUT2D eigenvalue weighted by Crippen LogP contribution is 2.22. The maximum Gasteiger partial charge on any atom is 0.500 e. The van der Waals surface area contributed by atoms with Crippen molar-refractivity contribution in [3.63, 3.8) is 0 Å². The van der Waals surface area contributed by atoms with Crippen molar-refractivity contribution in [2.24, 2.45) is 0 Å². The summed E-state index contributed by atoms with van der Waals surface area (Å²) in [6, 6.07) is 6.68. The fourth-order valence-corrected chi connectivity index (χ4v) is 3.78. The molecule has 0 spiro atoms. The highest BCUT2D eigenvalue weighted by Gasteiger charge is 2.36. The van der Waals surface area contributed by atoms with Gasteiger partial charge in [0.25, 0.3) is 0 Å². The third kappa shape index (κ3) is 3.34. The van der Waals surface area contributed by atoms with E-state index in [4.69, 9.17) is 22.4 Å². The lowest BCUT2D eigenvalue weighted by Gasteiger charge is -2.24. The smallest absolute Gasteiger partial charge is 0.457 e. The first-order valence-electron chi connectivity index (χ1n) is 6.27. The van der Waals surface area contributed by atoms with Crippen LogP contribution in [0.15, 0.2) is 22.6 Å². The van der Waals surface area contributed by atoms with Crippen molar-refractivity contribution in [3.05, 3.63) is 23.8 Å². The van der Waals surface area contributed by atoms with Gasteiger partial charge in [-0.3, -0.25) is 0 Å². The van der Waals surface area contributed by atoms with Gasteiger partial charge in [-0.15, -0.1) is 0 Å². The second-order valence-corrected chi connectivity index (χ2v) is 7.41. The van der Waals surface area contributed by atoms with Gasteiger partial charge in [-0.1, -0.05) is 0 Å². The fraction of sp³-hybridized carbons (Fsp3) is 0.538. The molecule has 2 bridgehead atoms. The highest BCUT2D eigenvalue weighted by atomic mass is 28.4. The molecule has 0 aliphatic heterocycles. The normalized spacial score (nSPS) is 12.6. The molecular weight excluding hydrogens is 264 g/mol. The molecule has 5 nitrogen and oxygen atoms in total. The minimum absolute atomic E-state index is 0.574. The van der Waals surface area contributed by atoms with E-state index in [-0.39, 0.29) is 0 Å². The zero-order valence-electron chi connectivity index (χ0n) is 11.6. The van der Waals surface area contributed by atoms with E-state index >= 15 is 0 Å². The van der Waals surface area contributed by atoms with E-state index < -0.39 is 8.80 Å². The van der Waals surface area contributed by atoms with E-state index in [9.17, 15) is 0 Å². The third-order valence-corrected chi connectivity index (χ3v) is 6.05. The summed E-state index contributed by atoms with van der Waals surface area (Å²) in [5.74, 6) is 0. The Balaban J connectivity index is 1.68. The van der Waals surface area contributed by atoms with Crippen molar-refractivity contribution in [3.8, 4) is 0 Å². The van der Waals surface area contributed by atoms with Gasteiger partial charge < -0.3 is 22.4 Å². The average molecular weight is 284 g/mol. The molecule has 0 aliphatic carbocycles. The highest BCUT2D eigenvalue weighted by molar-refractivity contribution is 6.60. The van der Waals surface area contributed by atoms with E-state index in [0.29, 0.717) is 13.2 Å². The summed E-state index contributed by atoms with van der Waals surface area (Å²) < 4.78 is 27.1. The molecule has 6 heteroatoms. The number of hydrogen-bond donors (Lipinski definition) is 0. The second kappa shape index (κ2) is 6.49. The number of furan rings is 2. The number of ether oxygens (including phenoxy) is 1. The van der Waals surface area contributed by atoms with E-state index in [2.05, 4.69) is 0 Å². The number of fused-ring (bicyclic) bond motifs is 2. The molecule has 0 aliphatic rings. The molecule has 0 N–H and O–H groups in total. The lowest BCUT2D eigenvalue weighted by molar-refractivity contribution is 0.102. The SMILES string of the molecule is CO[Si](CCCOCc1cc2ccc1o2)(OC)OC. The molecule has 0 aromatic carbocycles. The molecule has 0 atom stereocenters. The summed E-state index contributed by atoms with van der Waals surface area (Å²) in [7, 11) is 2.42. The van der Waals surface area contributed by atoms with E-state index in [1.807, 2.05) is 18.2 Å². The van der Waals surface area contributed by atoms with Gasteiger partial charge in [-0.25, -0.2) is 0 Å². The predicted octanol–water partition coefficient (Wildman–Crippen LogP) is 2.66. The molecule has 19 heavy (non-hydrogen) atoms. The number of rotatable bonds is 9. The predicted molar refractivity (Wildman–Crippen MR) is 73.3 cm³/mol. The van der Waals surface area contributed by atoms with Gasteiger partial charge in [0.2, 0.25) is 0 Å². The Hall–Kier alpha value is -0.923. The summed E-state index contributed by atoms with van der Waals surface area (Å²) in [4.78, 5) is 0. The van der Waals surface area contributed by atoms with E-state index in [1.54, 1.807) is 21.3 Å². The van der Waals surface area contributed by atoms with Gasteiger partial charge in [-0.05, 0) is 24.6 Å². The lowest BCUT2D eigenvalue weighted by atomic mass is 10.2. The van der Waals surface area contributed by atoms with Gasteiger partial charge in [0.1, 0.15) is 11.2 Å². The van der Waals surface area contributed by atoms with Crippen LogP contribution < -0.4 is 0 Å². The van der Waals surface area contributed by atoms with Crippen molar-refractivity contribution in [2.75, 3.05) is 27.9 Å². The van der Waals surface area contributed by atoms with Crippen LogP contribution in [-0.4, -0.2) is 36.7 Å². The Bertz CT molecular complexity index is 471. The van der Waals surface area contributed by atoms with Crippen LogP contribution in [0.5, 0.6) is 0 Å². The van der Waals surface area contributed by atoms with Crippen molar-refractivity contribution in [1.29, 1.82) is 0 Å². The molecular formula is C13H20O5Si. The summed E-state index contributed by atoms with van der Waals surface area (Å²) in [6.45, 7) is 1.22. The first-order chi connectivity index (χ1) is 9.23. The molecule has 2 aromatic heterocycles. The molecule has 0 saturated heterocycles. The van der Waals surface area contributed by atoms with Crippen molar-refractivity contribution < 1.29 is 22.4 Å². The molecule has 0 radical (unpaired) electrons. The van der Waals surface area contributed by atoms with Gasteiger partial charge >= 0.3 is 8.80 Å². The van der Waals surface area contributed by atoms with E-state index in [1.165, 1.54) is 0 Å². The Morgan fingerprint density at radius 1 is 1.11 bits per heavy atom. The minimum atomic E-state index is -2.45. The number of hydrogen-bond acceptors (Lipinski definition) is 5. The first kappa shape index (κ1) is 14.5. The van der Waals surface area contributed by atoms with Crippen LogP contribution in [0.25, 0.3) is 11.2 Å². The third-order valence-electron chi connectivity index (χ3n) is 3.22. The summed E-state index contributed by atoms with van der Waals surface area (Å²) in [6.07, 6.45) is 0.845. The van der Waals surface area contributed by atoms with Crippen molar-refractivity contribution in [2.45, 2.75) is 19.1 Å². The van der Waals surface area contributed by atoms with Crippen LogP contribution >= 0.6 is 0 Å². The van der Waals surface area contributed by atoms with Crippen LogP contribution in [0.2, 0.25) is 6.04 Å². The Labute approximate surface area is 114 Å². The lowest BCUT2D eigenvalue weighted by Crippen LogP contribution is -2.42. The fourth-order valence-electron chi connectivity index (χ4n) is 2.09. The monoisotopic (exact) mass is 284 g/mol. The average Bonchev–Trinajstić information content (AvgIpc) is 3.06. The van der Waals surface area contributed by atoms with Gasteiger partial charge in [0, 0.05) is 39.5 Å². The number of benzene rings is 1. The van der Waals surface area contributed by atoms with Crippen LogP contribution in [0.4, 0.5) is 0 Å². The molecule has 0 saturated carbocycles. The van der Waals surface area contributed by atoms with Crippen LogP contribution in [0.3, 0.4) is 0 Å². The quantitative estimate of drug-likeness (QED) is 0.523. The summed E-state index contributed by atoms with van der Waals surface area (Å²) in [5.41, 5.74) is 2.91. The van der Waals surface area contributed by atoms with Gasteiger partial charge in [0.05, 0.1) is 6.61 Å². The molecule has 2 heterocycles. The molecule has 2 aromatic rings. The molecule has 0 unspecified atom stereocenters. The zero-order chi connectivity index (χ0) is 13.7. The van der Waals surface area contributed by atoms with Crippen LogP contribution in [0, 0.1) is 0 Å². The molecule has 2 rings (SSSR count). The summed E-state index contributed by atoms with van der Waals surface area (Å²) >= 11 is 0. The van der Waals surface area contributed by atoms with E-state index in [0.717, 1.165) is 29.2 Å². The maximum atomic E-state index is 5.64. The molecule has 0 amide bonds. The minimum Gasteiger partial charge on any atom is -0.457 e. The topological polar surface area (TPSA) is 50.1 Å². The Morgan fingerprint density at radius 3 is 2.37 bits per heavy atom. The van der Waals surface area contributed by atoms with Crippen molar-refractivity contribution in [1.82, 2.24) is 0 Å². The first-order valence-corrected chi connectivity index (χ1v) is 8.20. The zero-order valence-corrected chi connectivity index (χ0v) is 12.6. The standard InChI is InChI=1S/C13H20O5Si/c1-14-19(15-2,16-3)8-4-7-17-10-11-9-12-5-6-13(11)18-12/h5-6,9H,4,7-8,10H2,1-3H3. The van der Waals surface area contributed by atoms with Gasteiger partial charge in [0.15, 0.2) is 0 Å². The second-order valence-electron chi connectivity index (χ2n) is 4.32. The summed E-state index contributed by atoms with van der Waals surface area (Å²) in [5, 5.41) is 0. The Kier molecular flexibility index (Phi) is 4.95. The van der Waals surface area contributed by atoms with Crippen LogP contribution in [-0.2, 0) is 24.6 Å². The van der Waals surface area contributed by atoms with Crippen molar-refractivity contribution >= 4 is 20.0 Å². The largest absolute Gasteiger partial charge is 0.500 e. The molecule has 0 fully saturated rings. The molecule has 106 valence electrons. The van der Waals surface area contributed by atoms with Crippen LogP contribution in [0.1, 0.15) is 12.0 Å². The van der Waals surface area contributed by atoms with Gasteiger partial charge in [-0.2, -0.15) is 0 Å². The Morgan fingerprint density at radius 2 is 1.84 bits per heavy atom.